The van der Waals surface area contributed by atoms with Crippen LogP contribution in [0.1, 0.15) is 116 Å². The molecule has 4 aliphatic rings. The topological polar surface area (TPSA) is 216 Å². The lowest BCUT2D eigenvalue weighted by atomic mass is 9.78. The van der Waals surface area contributed by atoms with Gasteiger partial charge < -0.3 is 53.6 Å². The Morgan fingerprint density at radius 2 is 1.45 bits per heavy atom. The summed E-state index contributed by atoms with van der Waals surface area (Å²) in [5.41, 5.74) is 7.67. The molecule has 2 unspecified atom stereocenters. The molecule has 5 aromatic carbocycles. The molecule has 480 valence electrons. The van der Waals surface area contributed by atoms with Crippen molar-refractivity contribution in [2.24, 2.45) is 10.9 Å². The molecule has 22 heteroatoms. The van der Waals surface area contributed by atoms with Gasteiger partial charge in [-0.3, -0.25) is 28.8 Å². The minimum Gasteiger partial charge on any atom is -0.493 e. The van der Waals surface area contributed by atoms with E-state index in [0.29, 0.717) is 117 Å². The molecule has 0 aromatic heterocycles. The molecule has 5 aromatic rings. The Hall–Kier alpha value is -6.53. The molecule has 1 aliphatic carbocycles. The van der Waals surface area contributed by atoms with E-state index in [1.165, 1.54) is 10.8 Å². The van der Waals surface area contributed by atoms with Crippen LogP contribution in [-0.4, -0.2) is 145 Å². The van der Waals surface area contributed by atoms with Crippen molar-refractivity contribution in [2.75, 3.05) is 107 Å². The number of fused-ring (bicyclic) bond motifs is 5. The maximum Gasteiger partial charge on any atom is 0.276 e. The SMILES string of the molecule is CCC(CC)(NC(=O)C(CCSSC(C)(C)CN(CCOCCOCCOC)c1cc(COc2cc3c(cc2OC)C(=O)N2c4ccccc4CC2C=N3)cc(COc2cc(NC)c(C(=O)N3CCc4ccccc43)cc2OC)c1)S(=O)(=O)O)C1CCCC1. The largest absolute Gasteiger partial charge is 0.493 e. The first kappa shape index (κ1) is 66.9. The molecule has 3 heterocycles. The summed E-state index contributed by atoms with van der Waals surface area (Å²) in [5.74, 6) is 1.09. The summed E-state index contributed by atoms with van der Waals surface area (Å²) >= 11 is 0. The average molecular weight is 1280 g/mol. The van der Waals surface area contributed by atoms with Crippen LogP contribution in [0.4, 0.5) is 28.4 Å². The maximum atomic E-state index is 14.3. The highest BCUT2D eigenvalue weighted by atomic mass is 33.1. The minimum atomic E-state index is -4.72. The number of aliphatic imine (C=N–C) groups is 1. The number of anilines is 4. The zero-order valence-corrected chi connectivity index (χ0v) is 54.9. The van der Waals surface area contributed by atoms with Gasteiger partial charge in [-0.2, -0.15) is 8.42 Å². The lowest BCUT2D eigenvalue weighted by molar-refractivity contribution is -0.123. The zero-order chi connectivity index (χ0) is 63.3. The molecule has 89 heavy (non-hydrogen) atoms. The summed E-state index contributed by atoms with van der Waals surface area (Å²) in [6.07, 6.45) is 8.60. The fourth-order valence-corrected chi connectivity index (χ4v) is 16.1. The predicted octanol–water partition coefficient (Wildman–Crippen LogP) is 11.6. The van der Waals surface area contributed by atoms with E-state index < -0.39 is 31.6 Å². The third kappa shape index (κ3) is 16.2. The van der Waals surface area contributed by atoms with Gasteiger partial charge in [-0.15, -0.1) is 0 Å². The minimum absolute atomic E-state index is 0.0668. The molecule has 3 N–H and O–H groups in total. The number of benzene rings is 5. The van der Waals surface area contributed by atoms with Gasteiger partial charge in [-0.1, -0.05) is 84.7 Å². The van der Waals surface area contributed by atoms with E-state index >= 15 is 0 Å². The lowest BCUT2D eigenvalue weighted by Gasteiger charge is -2.39. The Labute approximate surface area is 532 Å². The third-order valence-electron chi connectivity index (χ3n) is 17.3. The fraction of sp³-hybridized carbons (Fsp3) is 0.493. The van der Waals surface area contributed by atoms with Gasteiger partial charge in [0.25, 0.3) is 21.9 Å². The predicted molar refractivity (Wildman–Crippen MR) is 355 cm³/mol. The molecular formula is C67H86N6O13S3. The van der Waals surface area contributed by atoms with Crippen molar-refractivity contribution >= 4 is 84.1 Å². The second kappa shape index (κ2) is 30.5. The number of hydrogen-bond acceptors (Lipinski definition) is 17. The number of para-hydroxylation sites is 2. The Balaban J connectivity index is 0.991. The summed E-state index contributed by atoms with van der Waals surface area (Å²) in [5, 5.41) is 4.75. The number of ether oxygens (including phenoxy) is 7. The van der Waals surface area contributed by atoms with E-state index in [1.807, 2.05) is 74.7 Å². The molecule has 2 atom stereocenters. The van der Waals surface area contributed by atoms with E-state index in [1.54, 1.807) is 73.2 Å². The molecule has 1 fully saturated rings. The summed E-state index contributed by atoms with van der Waals surface area (Å²) < 4.78 is 78.0. The van der Waals surface area contributed by atoms with Gasteiger partial charge in [0.2, 0.25) is 5.91 Å². The lowest BCUT2D eigenvalue weighted by Crippen LogP contribution is -2.56. The molecule has 3 aliphatic heterocycles. The zero-order valence-electron chi connectivity index (χ0n) is 52.5. The molecule has 0 radical (unpaired) electrons. The number of methoxy groups -OCH3 is 3. The first-order valence-corrected chi connectivity index (χ1v) is 34.6. The van der Waals surface area contributed by atoms with Crippen molar-refractivity contribution in [3.8, 4) is 23.0 Å². The van der Waals surface area contributed by atoms with Crippen molar-refractivity contribution in [2.45, 2.75) is 120 Å². The molecule has 0 spiro atoms. The van der Waals surface area contributed by atoms with Crippen molar-refractivity contribution in [1.29, 1.82) is 0 Å². The van der Waals surface area contributed by atoms with Crippen LogP contribution in [0.15, 0.2) is 96.0 Å². The highest BCUT2D eigenvalue weighted by molar-refractivity contribution is 8.77. The quantitative estimate of drug-likeness (QED) is 0.0202. The standard InChI is InChI=1S/C67H86N6O13S3/c1-9-67(10-2,49-19-13-14-20-49)70-63(74)62(89(77,78)79)24-32-87-88-66(3,4)44-71(26-27-83-30-31-84-29-28-80-6)50-34-45(42-85-60-39-54(68-5)52(37-58(60)81-7)64(75)72-25-23-47-17-11-15-21-56(47)72)33-46(35-50)43-86-61-40-55-53(38-59(61)82-8)65(76)73-51(41-69-55)36-48-18-12-16-22-57(48)73/h11-12,15-18,21-22,33-35,37-41,49,51,62,68H,9-10,13-14,19-20,23-32,36,42-44H2,1-8H3,(H,70,74)(H,77,78,79). The Morgan fingerprint density at radius 1 is 0.809 bits per heavy atom. The van der Waals surface area contributed by atoms with Gasteiger partial charge in [0.1, 0.15) is 13.2 Å². The van der Waals surface area contributed by atoms with Crippen LogP contribution in [0.2, 0.25) is 0 Å². The van der Waals surface area contributed by atoms with Crippen LogP contribution >= 0.6 is 21.6 Å². The Morgan fingerprint density at radius 3 is 2.11 bits per heavy atom. The van der Waals surface area contributed by atoms with Crippen molar-refractivity contribution in [3.63, 3.8) is 0 Å². The van der Waals surface area contributed by atoms with Crippen LogP contribution < -0.4 is 44.3 Å². The van der Waals surface area contributed by atoms with E-state index in [0.717, 1.165) is 71.4 Å². The smallest absolute Gasteiger partial charge is 0.276 e. The van der Waals surface area contributed by atoms with Crippen LogP contribution in [0.5, 0.6) is 23.0 Å². The van der Waals surface area contributed by atoms with Crippen molar-refractivity contribution in [1.82, 2.24) is 5.32 Å². The van der Waals surface area contributed by atoms with Gasteiger partial charge in [0.15, 0.2) is 28.2 Å². The first-order chi connectivity index (χ1) is 42.9. The monoisotopic (exact) mass is 1280 g/mol. The highest BCUT2D eigenvalue weighted by Gasteiger charge is 2.42. The number of rotatable bonds is 33. The number of nitrogens with zero attached hydrogens (tertiary/aromatic N) is 4. The summed E-state index contributed by atoms with van der Waals surface area (Å²) in [6.45, 7) is 11.9. The molecule has 9 rings (SSSR count). The van der Waals surface area contributed by atoms with Gasteiger partial charge in [0.05, 0.1) is 75.8 Å². The van der Waals surface area contributed by atoms with E-state index in [-0.39, 0.29) is 49.2 Å². The normalized spacial score (nSPS) is 15.9. The van der Waals surface area contributed by atoms with E-state index in [9.17, 15) is 27.4 Å². The highest BCUT2D eigenvalue weighted by Crippen LogP contribution is 2.44. The van der Waals surface area contributed by atoms with Gasteiger partial charge in [-0.05, 0) is 123 Å². The maximum absolute atomic E-state index is 14.3. The van der Waals surface area contributed by atoms with Crippen molar-refractivity contribution < 1.29 is 60.5 Å². The molecule has 19 nitrogen and oxygen atoms in total. The van der Waals surface area contributed by atoms with E-state index in [4.69, 9.17) is 38.2 Å². The molecule has 0 bridgehead atoms. The van der Waals surface area contributed by atoms with Crippen LogP contribution in [0.25, 0.3) is 0 Å². The molecule has 3 amide bonds. The summed E-state index contributed by atoms with van der Waals surface area (Å²) in [7, 11) is 4.78. The first-order valence-electron chi connectivity index (χ1n) is 30.8. The number of amides is 3. The van der Waals surface area contributed by atoms with Gasteiger partial charge in [0, 0.05) is 91.7 Å². The summed E-state index contributed by atoms with van der Waals surface area (Å²) in [4.78, 5) is 53.1. The van der Waals surface area contributed by atoms with Crippen LogP contribution in [0, 0.1) is 5.92 Å². The number of nitrogens with one attached hydrogen (secondary N) is 2. The molecule has 1 saturated carbocycles. The van der Waals surface area contributed by atoms with Crippen molar-refractivity contribution in [3.05, 3.63) is 124 Å². The average Bonchev–Trinajstić information content (AvgIpc) is 2.29. The second-order valence-electron chi connectivity index (χ2n) is 23.5. The Kier molecular flexibility index (Phi) is 22.9. The third-order valence-corrected chi connectivity index (χ3v) is 21.8. The number of carbonyl (C=O) groups excluding carboxylic acids is 3. The molecular weight excluding hydrogens is 1190 g/mol. The van der Waals surface area contributed by atoms with Crippen LogP contribution in [0.3, 0.4) is 0 Å². The Bertz CT molecular complexity index is 3430. The van der Waals surface area contributed by atoms with Gasteiger partial charge >= 0.3 is 0 Å². The number of carbonyl (C=O) groups is 3. The molecule has 0 saturated heterocycles. The number of hydrogen-bond donors (Lipinski definition) is 3. The second-order valence-corrected chi connectivity index (χ2v) is 28.2. The van der Waals surface area contributed by atoms with Crippen LogP contribution in [-0.2, 0) is 55.2 Å². The van der Waals surface area contributed by atoms with Gasteiger partial charge in [-0.25, -0.2) is 0 Å². The fourth-order valence-electron chi connectivity index (χ4n) is 12.6. The van der Waals surface area contributed by atoms with E-state index in [2.05, 4.69) is 41.5 Å². The summed E-state index contributed by atoms with van der Waals surface area (Å²) in [6, 6.07) is 28.6.